The Morgan fingerprint density at radius 1 is 0.966 bits per heavy atom. The van der Waals surface area contributed by atoms with E-state index in [1.807, 2.05) is 53.4 Å². The van der Waals surface area contributed by atoms with Crippen LogP contribution in [-0.2, 0) is 4.79 Å². The molecule has 2 heterocycles. The fraction of sp³-hybridized carbons (Fsp3) is 0.364. The number of hydrazine groups is 1. The number of halogens is 1. The van der Waals surface area contributed by atoms with Crippen LogP contribution in [0.15, 0.2) is 48.5 Å². The maximum absolute atomic E-state index is 13.2. The van der Waals surface area contributed by atoms with Crippen LogP contribution in [0.25, 0.3) is 0 Å². The minimum Gasteiger partial charge on any atom is -0.368 e. The number of hydrogen-bond acceptors (Lipinski definition) is 5. The maximum atomic E-state index is 13.2. The van der Waals surface area contributed by atoms with Gasteiger partial charge in [0.25, 0.3) is 0 Å². The molecule has 2 fully saturated rings. The molecule has 4 rings (SSSR count). The molecule has 6 nitrogen and oxygen atoms in total. The van der Waals surface area contributed by atoms with Gasteiger partial charge in [-0.3, -0.25) is 15.0 Å². The van der Waals surface area contributed by atoms with E-state index in [4.69, 9.17) is 11.6 Å². The molecule has 0 aliphatic carbocycles. The number of benzene rings is 2. The highest BCUT2D eigenvalue weighted by atomic mass is 35.5. The number of ketones is 1. The third kappa shape index (κ3) is 4.29. The van der Waals surface area contributed by atoms with E-state index in [2.05, 4.69) is 15.8 Å². The molecule has 2 saturated heterocycles. The molecule has 2 aromatic rings. The van der Waals surface area contributed by atoms with Crippen LogP contribution in [0.5, 0.6) is 0 Å². The van der Waals surface area contributed by atoms with Crippen molar-refractivity contribution >= 4 is 29.0 Å². The highest BCUT2D eigenvalue weighted by molar-refractivity contribution is 6.30. The molecule has 1 amide bonds. The molecule has 0 bridgehead atoms. The molecular formula is C22H25ClN4O2. The first-order valence-corrected chi connectivity index (χ1v) is 10.3. The van der Waals surface area contributed by atoms with Gasteiger partial charge in [0, 0.05) is 49.0 Å². The van der Waals surface area contributed by atoms with Gasteiger partial charge in [-0.05, 0) is 48.9 Å². The van der Waals surface area contributed by atoms with E-state index in [0.717, 1.165) is 29.9 Å². The number of carbonyl (C=O) groups excluding carboxylic acids is 2. The molecule has 2 unspecified atom stereocenters. The average Bonchev–Trinajstić information content (AvgIpc) is 3.24. The summed E-state index contributed by atoms with van der Waals surface area (Å²) < 4.78 is 0. The van der Waals surface area contributed by atoms with Crippen molar-refractivity contribution in [2.24, 2.45) is 5.92 Å². The number of rotatable bonds is 4. The molecule has 0 aromatic heterocycles. The lowest BCUT2D eigenvalue weighted by Crippen LogP contribution is -2.51. The van der Waals surface area contributed by atoms with Crippen molar-refractivity contribution in [1.82, 2.24) is 15.8 Å². The van der Waals surface area contributed by atoms with Crippen LogP contribution >= 0.6 is 11.6 Å². The number of nitrogens with zero attached hydrogens (tertiary/aromatic N) is 2. The monoisotopic (exact) mass is 412 g/mol. The molecule has 7 heteroatoms. The maximum Gasteiger partial charge on any atom is 0.229 e. The molecule has 29 heavy (non-hydrogen) atoms. The van der Waals surface area contributed by atoms with Crippen molar-refractivity contribution in [1.29, 1.82) is 0 Å². The molecule has 152 valence electrons. The lowest BCUT2D eigenvalue weighted by atomic mass is 9.93. The van der Waals surface area contributed by atoms with Crippen molar-refractivity contribution in [3.05, 3.63) is 64.7 Å². The molecule has 2 atom stereocenters. The SMILES string of the molecule is CC(=O)c1ccc(N2CCN(C(=O)C3CNNC3c3ccc(Cl)cc3)CC2)cc1. The van der Waals surface area contributed by atoms with Crippen molar-refractivity contribution in [3.63, 3.8) is 0 Å². The van der Waals surface area contributed by atoms with Gasteiger partial charge in [0.1, 0.15) is 0 Å². The van der Waals surface area contributed by atoms with Crippen molar-refractivity contribution in [2.45, 2.75) is 13.0 Å². The van der Waals surface area contributed by atoms with Crippen molar-refractivity contribution in [3.8, 4) is 0 Å². The Morgan fingerprint density at radius 2 is 1.62 bits per heavy atom. The number of Topliss-reactive ketones (excluding diaryl/α,β-unsaturated/α-hetero) is 1. The summed E-state index contributed by atoms with van der Waals surface area (Å²) in [5, 5.41) is 0.690. The Morgan fingerprint density at radius 3 is 2.24 bits per heavy atom. The fourth-order valence-corrected chi connectivity index (χ4v) is 4.17. The Balaban J connectivity index is 1.38. The van der Waals surface area contributed by atoms with Gasteiger partial charge in [0.2, 0.25) is 5.91 Å². The molecule has 0 spiro atoms. The van der Waals surface area contributed by atoms with Crippen LogP contribution in [-0.4, -0.2) is 49.3 Å². The number of carbonyl (C=O) groups is 2. The molecular weight excluding hydrogens is 388 g/mol. The van der Waals surface area contributed by atoms with Crippen LogP contribution < -0.4 is 15.8 Å². The number of hydrogen-bond donors (Lipinski definition) is 2. The van der Waals surface area contributed by atoms with E-state index in [1.54, 1.807) is 6.92 Å². The quantitative estimate of drug-likeness (QED) is 0.756. The third-order valence-electron chi connectivity index (χ3n) is 5.76. The molecule has 2 aliphatic heterocycles. The first-order chi connectivity index (χ1) is 14.0. The summed E-state index contributed by atoms with van der Waals surface area (Å²) in [6.45, 7) is 5.13. The zero-order valence-corrected chi connectivity index (χ0v) is 17.2. The van der Waals surface area contributed by atoms with E-state index in [0.29, 0.717) is 24.7 Å². The van der Waals surface area contributed by atoms with Gasteiger partial charge in [-0.25, -0.2) is 5.43 Å². The highest BCUT2D eigenvalue weighted by Crippen LogP contribution is 2.28. The van der Waals surface area contributed by atoms with Gasteiger partial charge < -0.3 is 9.80 Å². The standard InChI is InChI=1S/C22H25ClN4O2/c1-15(28)16-4-8-19(9-5-16)26-10-12-27(13-11-26)22(29)20-14-24-25-21(20)17-2-6-18(23)7-3-17/h2-9,20-21,24-25H,10-14H2,1H3. The van der Waals surface area contributed by atoms with Gasteiger partial charge in [-0.15, -0.1) is 0 Å². The van der Waals surface area contributed by atoms with Crippen LogP contribution in [0.4, 0.5) is 5.69 Å². The van der Waals surface area contributed by atoms with Gasteiger partial charge in [-0.1, -0.05) is 23.7 Å². The molecule has 0 radical (unpaired) electrons. The van der Waals surface area contributed by atoms with Crippen LogP contribution in [0.3, 0.4) is 0 Å². The Hall–Kier alpha value is -2.41. The largest absolute Gasteiger partial charge is 0.368 e. The topological polar surface area (TPSA) is 64.7 Å². The van der Waals surface area contributed by atoms with Crippen molar-refractivity contribution in [2.75, 3.05) is 37.6 Å². The third-order valence-corrected chi connectivity index (χ3v) is 6.01. The van der Waals surface area contributed by atoms with Crippen LogP contribution in [0.1, 0.15) is 28.9 Å². The summed E-state index contributed by atoms with van der Waals surface area (Å²) in [5.41, 5.74) is 9.23. The van der Waals surface area contributed by atoms with Crippen LogP contribution in [0.2, 0.25) is 5.02 Å². The normalized spacial score (nSPS) is 22.0. The Bertz CT molecular complexity index is 877. The molecule has 2 N–H and O–H groups in total. The summed E-state index contributed by atoms with van der Waals surface area (Å²) >= 11 is 5.99. The number of piperazine rings is 1. The molecule has 2 aromatic carbocycles. The Kier molecular flexibility index (Phi) is 5.85. The lowest BCUT2D eigenvalue weighted by molar-refractivity contribution is -0.135. The predicted molar refractivity (Wildman–Crippen MR) is 114 cm³/mol. The number of nitrogens with one attached hydrogen (secondary N) is 2. The Labute approximate surface area is 175 Å². The highest BCUT2D eigenvalue weighted by Gasteiger charge is 2.37. The summed E-state index contributed by atoms with van der Waals surface area (Å²) in [6, 6.07) is 15.3. The van der Waals surface area contributed by atoms with Gasteiger partial charge in [0.05, 0.1) is 12.0 Å². The summed E-state index contributed by atoms with van der Waals surface area (Å²) in [4.78, 5) is 28.8. The van der Waals surface area contributed by atoms with E-state index in [-0.39, 0.29) is 23.7 Å². The zero-order valence-electron chi connectivity index (χ0n) is 16.4. The summed E-state index contributed by atoms with van der Waals surface area (Å²) in [5.74, 6) is 0.104. The second-order valence-corrected chi connectivity index (χ2v) is 8.01. The summed E-state index contributed by atoms with van der Waals surface area (Å²) in [6.07, 6.45) is 0. The smallest absolute Gasteiger partial charge is 0.229 e. The van der Waals surface area contributed by atoms with E-state index in [1.165, 1.54) is 0 Å². The van der Waals surface area contributed by atoms with E-state index < -0.39 is 0 Å². The van der Waals surface area contributed by atoms with Gasteiger partial charge in [-0.2, -0.15) is 0 Å². The van der Waals surface area contributed by atoms with Gasteiger partial charge in [0.15, 0.2) is 5.78 Å². The van der Waals surface area contributed by atoms with Crippen molar-refractivity contribution < 1.29 is 9.59 Å². The second-order valence-electron chi connectivity index (χ2n) is 7.58. The van der Waals surface area contributed by atoms with E-state index in [9.17, 15) is 9.59 Å². The first-order valence-electron chi connectivity index (χ1n) is 9.91. The average molecular weight is 413 g/mol. The first kappa shape index (κ1) is 19.9. The van der Waals surface area contributed by atoms with Gasteiger partial charge >= 0.3 is 0 Å². The minimum absolute atomic E-state index is 0.0584. The van der Waals surface area contributed by atoms with Crippen LogP contribution in [0, 0.1) is 5.92 Å². The summed E-state index contributed by atoms with van der Waals surface area (Å²) in [7, 11) is 0. The minimum atomic E-state index is -0.141. The molecule has 0 saturated carbocycles. The van der Waals surface area contributed by atoms with E-state index >= 15 is 0 Å². The lowest BCUT2D eigenvalue weighted by Gasteiger charge is -2.37. The second kappa shape index (κ2) is 8.53. The number of anilines is 1. The zero-order chi connectivity index (χ0) is 20.4. The predicted octanol–water partition coefficient (Wildman–Crippen LogP) is 2.66. The fourth-order valence-electron chi connectivity index (χ4n) is 4.04. The number of amides is 1. The molecule has 2 aliphatic rings.